The van der Waals surface area contributed by atoms with Gasteiger partial charge in [0.2, 0.25) is 11.8 Å². The Kier molecular flexibility index (Phi) is 6.88. The van der Waals surface area contributed by atoms with E-state index in [9.17, 15) is 14.4 Å². The van der Waals surface area contributed by atoms with Gasteiger partial charge in [-0.15, -0.1) is 0 Å². The first-order valence-electron chi connectivity index (χ1n) is 11.1. The number of nitrogens with zero attached hydrogens (tertiary/aromatic N) is 4. The Morgan fingerprint density at radius 3 is 2.70 bits per heavy atom. The van der Waals surface area contributed by atoms with Crippen LogP contribution in [-0.4, -0.2) is 63.4 Å². The zero-order chi connectivity index (χ0) is 23.4. The van der Waals surface area contributed by atoms with E-state index < -0.39 is 5.76 Å². The van der Waals surface area contributed by atoms with Crippen molar-refractivity contribution in [2.24, 2.45) is 5.92 Å². The topological polar surface area (TPSA) is 97.9 Å². The molecule has 3 heterocycles. The van der Waals surface area contributed by atoms with Gasteiger partial charge in [-0.3, -0.25) is 19.1 Å². The van der Waals surface area contributed by atoms with E-state index in [1.165, 1.54) is 9.47 Å². The highest BCUT2D eigenvalue weighted by Crippen LogP contribution is 2.15. The van der Waals surface area contributed by atoms with Gasteiger partial charge in [0.25, 0.3) is 0 Å². The molecule has 33 heavy (non-hydrogen) atoms. The second kappa shape index (κ2) is 9.99. The van der Waals surface area contributed by atoms with Gasteiger partial charge in [0.15, 0.2) is 5.58 Å². The summed E-state index contributed by atoms with van der Waals surface area (Å²) in [7, 11) is 0. The second-order valence-electron chi connectivity index (χ2n) is 8.64. The van der Waals surface area contributed by atoms with Gasteiger partial charge in [0.1, 0.15) is 6.54 Å². The van der Waals surface area contributed by atoms with Crippen LogP contribution in [0.4, 0.5) is 0 Å². The minimum Gasteiger partial charge on any atom is -0.408 e. The molecule has 4 rings (SSSR count). The molecule has 2 amide bonds. The smallest absolute Gasteiger partial charge is 0.408 e. The number of fused-ring (bicyclic) bond motifs is 1. The molecular formula is C24H28N4O5. The van der Waals surface area contributed by atoms with Crippen LogP contribution in [0.25, 0.3) is 11.1 Å². The van der Waals surface area contributed by atoms with Gasteiger partial charge in [-0.25, -0.2) is 4.79 Å². The van der Waals surface area contributed by atoms with Gasteiger partial charge in [0, 0.05) is 25.8 Å². The highest BCUT2D eigenvalue weighted by molar-refractivity contribution is 5.86. The monoisotopic (exact) mass is 452 g/mol. The van der Waals surface area contributed by atoms with Crippen LogP contribution < -0.4 is 5.76 Å². The van der Waals surface area contributed by atoms with Crippen molar-refractivity contribution in [2.45, 2.75) is 33.1 Å². The first-order valence-corrected chi connectivity index (χ1v) is 11.1. The van der Waals surface area contributed by atoms with Crippen molar-refractivity contribution in [1.29, 1.82) is 0 Å². The third-order valence-corrected chi connectivity index (χ3v) is 5.53. The number of para-hydroxylation sites is 2. The molecular weight excluding hydrogens is 424 g/mol. The first kappa shape index (κ1) is 22.7. The first-order chi connectivity index (χ1) is 15.9. The van der Waals surface area contributed by atoms with E-state index in [1.54, 1.807) is 35.4 Å². The Hall–Kier alpha value is -3.46. The van der Waals surface area contributed by atoms with Crippen LogP contribution in [0, 0.1) is 5.92 Å². The number of hydrogen-bond acceptors (Lipinski definition) is 6. The highest BCUT2D eigenvalue weighted by Gasteiger charge is 2.31. The summed E-state index contributed by atoms with van der Waals surface area (Å²) in [5, 5.41) is 0. The van der Waals surface area contributed by atoms with Crippen molar-refractivity contribution in [3.05, 3.63) is 64.9 Å². The molecule has 3 aromatic rings. The number of oxazole rings is 1. The van der Waals surface area contributed by atoms with Crippen LogP contribution in [0.1, 0.15) is 19.5 Å². The molecule has 1 atom stereocenters. The molecule has 1 saturated heterocycles. The number of benzene rings is 1. The zero-order valence-electron chi connectivity index (χ0n) is 18.8. The predicted octanol–water partition coefficient (Wildman–Crippen LogP) is 1.90. The van der Waals surface area contributed by atoms with E-state index in [4.69, 9.17) is 9.15 Å². The van der Waals surface area contributed by atoms with E-state index in [-0.39, 0.29) is 50.1 Å². The zero-order valence-corrected chi connectivity index (χ0v) is 18.8. The van der Waals surface area contributed by atoms with Gasteiger partial charge >= 0.3 is 5.76 Å². The summed E-state index contributed by atoms with van der Waals surface area (Å²) >= 11 is 0. The fraction of sp³-hybridized carbons (Fsp3) is 0.417. The molecule has 0 N–H and O–H groups in total. The number of pyridine rings is 1. The van der Waals surface area contributed by atoms with Crippen LogP contribution in [0.5, 0.6) is 0 Å². The van der Waals surface area contributed by atoms with Crippen molar-refractivity contribution < 1.29 is 18.7 Å². The number of amides is 2. The summed E-state index contributed by atoms with van der Waals surface area (Å²) in [6.07, 6.45) is 1.32. The molecule has 174 valence electrons. The van der Waals surface area contributed by atoms with Crippen molar-refractivity contribution in [1.82, 2.24) is 19.4 Å². The fourth-order valence-electron chi connectivity index (χ4n) is 3.98. The minimum absolute atomic E-state index is 0.0560. The third-order valence-electron chi connectivity index (χ3n) is 5.53. The van der Waals surface area contributed by atoms with Crippen molar-refractivity contribution in [2.75, 3.05) is 26.2 Å². The summed E-state index contributed by atoms with van der Waals surface area (Å²) in [4.78, 5) is 45.9. The van der Waals surface area contributed by atoms with E-state index in [2.05, 4.69) is 4.98 Å². The van der Waals surface area contributed by atoms with E-state index in [0.717, 1.165) is 5.69 Å². The number of ether oxygens (including phenoxy) is 1. The van der Waals surface area contributed by atoms with Crippen LogP contribution in [0.2, 0.25) is 0 Å². The Morgan fingerprint density at radius 2 is 1.94 bits per heavy atom. The van der Waals surface area contributed by atoms with Gasteiger partial charge in [0.05, 0.1) is 30.5 Å². The standard InChI is InChI=1S/C24H28N4O5/c1-17(2)11-26-12-19(32-16-18-7-5-6-10-25-18)13-27(14-22(26)29)23(30)15-28-20-8-3-4-9-21(20)33-24(28)31/h3-10,17,19H,11-16H2,1-2H3. The molecule has 0 bridgehead atoms. The lowest BCUT2D eigenvalue weighted by atomic mass is 10.2. The number of rotatable bonds is 7. The van der Waals surface area contributed by atoms with E-state index >= 15 is 0 Å². The molecule has 0 saturated carbocycles. The molecule has 1 aromatic carbocycles. The maximum atomic E-state index is 13.2. The maximum absolute atomic E-state index is 13.2. The summed E-state index contributed by atoms with van der Waals surface area (Å²) in [5.41, 5.74) is 1.74. The molecule has 1 fully saturated rings. The molecule has 0 aliphatic carbocycles. The summed E-state index contributed by atoms with van der Waals surface area (Å²) in [5.74, 6) is -0.793. The SMILES string of the molecule is CC(C)CN1CC(OCc2ccccn2)CN(C(=O)Cn2c(=O)oc3ccccc32)CC1=O. The summed E-state index contributed by atoms with van der Waals surface area (Å²) in [6, 6.07) is 12.5. The molecule has 1 aliphatic rings. The number of hydrogen-bond donors (Lipinski definition) is 0. The summed E-state index contributed by atoms with van der Waals surface area (Å²) in [6.45, 7) is 5.32. The molecule has 1 unspecified atom stereocenters. The second-order valence-corrected chi connectivity index (χ2v) is 8.64. The quantitative estimate of drug-likeness (QED) is 0.543. The van der Waals surface area contributed by atoms with Crippen molar-refractivity contribution in [3.8, 4) is 0 Å². The highest BCUT2D eigenvalue weighted by atomic mass is 16.5. The molecule has 1 aliphatic heterocycles. The normalized spacial score (nSPS) is 17.1. The van der Waals surface area contributed by atoms with E-state index in [0.29, 0.717) is 24.2 Å². The van der Waals surface area contributed by atoms with Crippen LogP contribution in [-0.2, 0) is 27.5 Å². The number of carbonyl (C=O) groups excluding carboxylic acids is 2. The Morgan fingerprint density at radius 1 is 1.15 bits per heavy atom. The van der Waals surface area contributed by atoms with Gasteiger partial charge in [-0.2, -0.15) is 0 Å². The Bertz CT molecular complexity index is 1170. The summed E-state index contributed by atoms with van der Waals surface area (Å²) < 4.78 is 12.6. The molecule has 9 heteroatoms. The average molecular weight is 453 g/mol. The van der Waals surface area contributed by atoms with Crippen LogP contribution in [0.3, 0.4) is 0 Å². The van der Waals surface area contributed by atoms with Crippen LogP contribution in [0.15, 0.2) is 57.9 Å². The van der Waals surface area contributed by atoms with Gasteiger partial charge in [-0.1, -0.05) is 32.0 Å². The van der Waals surface area contributed by atoms with Gasteiger partial charge in [-0.05, 0) is 30.2 Å². The largest absolute Gasteiger partial charge is 0.420 e. The lowest BCUT2D eigenvalue weighted by molar-refractivity contribution is -0.139. The van der Waals surface area contributed by atoms with Gasteiger partial charge < -0.3 is 19.0 Å². The van der Waals surface area contributed by atoms with Crippen molar-refractivity contribution >= 4 is 22.9 Å². The fourth-order valence-corrected chi connectivity index (χ4v) is 3.98. The molecule has 0 spiro atoms. The maximum Gasteiger partial charge on any atom is 0.420 e. The lowest BCUT2D eigenvalue weighted by Crippen LogP contribution is -2.42. The van der Waals surface area contributed by atoms with E-state index in [1.807, 2.05) is 32.0 Å². The molecule has 9 nitrogen and oxygen atoms in total. The third kappa shape index (κ3) is 5.48. The number of carbonyl (C=O) groups is 2. The average Bonchev–Trinajstić information content (AvgIpc) is 3.02. The Balaban J connectivity index is 1.52. The Labute approximate surface area is 191 Å². The minimum atomic E-state index is -0.602. The number of aromatic nitrogens is 2. The van der Waals surface area contributed by atoms with Crippen LogP contribution >= 0.6 is 0 Å². The molecule has 2 aromatic heterocycles. The lowest BCUT2D eigenvalue weighted by Gasteiger charge is -2.25. The molecule has 0 radical (unpaired) electrons. The predicted molar refractivity (Wildman–Crippen MR) is 121 cm³/mol. The van der Waals surface area contributed by atoms with Crippen molar-refractivity contribution in [3.63, 3.8) is 0 Å².